The maximum atomic E-state index is 11.8. The Kier molecular flexibility index (Phi) is 6.24. The SMILES string of the molecule is COC(=O)C(SC)c1ccc(C(OC)(OC)c2cccs2)cc1. The Morgan fingerprint density at radius 2 is 1.78 bits per heavy atom. The molecule has 124 valence electrons. The summed E-state index contributed by atoms with van der Waals surface area (Å²) in [5.41, 5.74) is 1.76. The van der Waals surface area contributed by atoms with Crippen LogP contribution in [0.1, 0.15) is 21.3 Å². The van der Waals surface area contributed by atoms with Crippen molar-refractivity contribution >= 4 is 29.1 Å². The molecule has 0 aliphatic heterocycles. The minimum absolute atomic E-state index is 0.256. The molecule has 2 rings (SSSR count). The van der Waals surface area contributed by atoms with Gasteiger partial charge in [-0.2, -0.15) is 0 Å². The molecule has 0 bridgehead atoms. The van der Waals surface area contributed by atoms with Gasteiger partial charge in [0.15, 0.2) is 0 Å². The van der Waals surface area contributed by atoms with Crippen molar-refractivity contribution in [1.29, 1.82) is 0 Å². The van der Waals surface area contributed by atoms with Gasteiger partial charge < -0.3 is 14.2 Å². The zero-order valence-corrected chi connectivity index (χ0v) is 15.2. The van der Waals surface area contributed by atoms with Crippen LogP contribution in [-0.2, 0) is 24.8 Å². The lowest BCUT2D eigenvalue weighted by atomic mass is 10.0. The van der Waals surface area contributed by atoms with Crippen LogP contribution in [0.4, 0.5) is 0 Å². The van der Waals surface area contributed by atoms with E-state index in [0.29, 0.717) is 0 Å². The van der Waals surface area contributed by atoms with E-state index in [1.54, 1.807) is 25.6 Å². The third-order valence-electron chi connectivity index (χ3n) is 3.66. The van der Waals surface area contributed by atoms with Crippen molar-refractivity contribution in [2.75, 3.05) is 27.6 Å². The molecule has 4 nitrogen and oxygen atoms in total. The van der Waals surface area contributed by atoms with Gasteiger partial charge >= 0.3 is 5.97 Å². The number of thioether (sulfide) groups is 1. The average Bonchev–Trinajstić information content (AvgIpc) is 3.13. The molecule has 0 spiro atoms. The summed E-state index contributed by atoms with van der Waals surface area (Å²) in [6.45, 7) is 0. The highest BCUT2D eigenvalue weighted by molar-refractivity contribution is 7.99. The Balaban J connectivity index is 2.39. The minimum atomic E-state index is -0.938. The molecule has 0 saturated heterocycles. The maximum absolute atomic E-state index is 11.8. The highest BCUT2D eigenvalue weighted by Gasteiger charge is 2.36. The summed E-state index contributed by atoms with van der Waals surface area (Å²) in [5, 5.41) is 1.65. The molecule has 1 unspecified atom stereocenters. The highest BCUT2D eigenvalue weighted by atomic mass is 32.2. The van der Waals surface area contributed by atoms with E-state index in [1.165, 1.54) is 18.9 Å². The fraction of sp³-hybridized carbons (Fsp3) is 0.353. The van der Waals surface area contributed by atoms with Gasteiger partial charge in [0.05, 0.1) is 12.0 Å². The van der Waals surface area contributed by atoms with Gasteiger partial charge in [0.25, 0.3) is 0 Å². The van der Waals surface area contributed by atoms with Gasteiger partial charge in [-0.1, -0.05) is 30.3 Å². The van der Waals surface area contributed by atoms with E-state index >= 15 is 0 Å². The molecule has 0 aliphatic rings. The zero-order chi connectivity index (χ0) is 16.9. The summed E-state index contributed by atoms with van der Waals surface area (Å²) in [5.74, 6) is -1.19. The van der Waals surface area contributed by atoms with E-state index in [0.717, 1.165) is 16.0 Å². The van der Waals surface area contributed by atoms with Crippen LogP contribution in [0.2, 0.25) is 0 Å². The summed E-state index contributed by atoms with van der Waals surface area (Å²) in [4.78, 5) is 12.8. The van der Waals surface area contributed by atoms with Crippen LogP contribution in [0.5, 0.6) is 0 Å². The van der Waals surface area contributed by atoms with E-state index in [1.807, 2.05) is 48.0 Å². The van der Waals surface area contributed by atoms with E-state index in [4.69, 9.17) is 14.2 Å². The number of ether oxygens (including phenoxy) is 3. The van der Waals surface area contributed by atoms with Crippen LogP contribution in [-0.4, -0.2) is 33.6 Å². The Morgan fingerprint density at radius 3 is 2.22 bits per heavy atom. The van der Waals surface area contributed by atoms with Crippen LogP contribution in [0.25, 0.3) is 0 Å². The molecule has 0 radical (unpaired) electrons. The van der Waals surface area contributed by atoms with Crippen molar-refractivity contribution < 1.29 is 19.0 Å². The number of methoxy groups -OCH3 is 3. The monoisotopic (exact) mass is 352 g/mol. The van der Waals surface area contributed by atoms with Crippen LogP contribution in [0, 0.1) is 0 Å². The van der Waals surface area contributed by atoms with Gasteiger partial charge in [-0.15, -0.1) is 23.1 Å². The van der Waals surface area contributed by atoms with Crippen molar-refractivity contribution in [3.8, 4) is 0 Å². The third kappa shape index (κ3) is 3.45. The van der Waals surface area contributed by atoms with E-state index in [-0.39, 0.29) is 11.2 Å². The Hall–Kier alpha value is -1.34. The first kappa shape index (κ1) is 18.0. The lowest BCUT2D eigenvalue weighted by Gasteiger charge is -2.30. The molecule has 0 N–H and O–H groups in total. The van der Waals surface area contributed by atoms with Crippen LogP contribution >= 0.6 is 23.1 Å². The molecule has 1 aromatic heterocycles. The molecule has 2 aromatic rings. The summed E-state index contributed by atoms with van der Waals surface area (Å²) >= 11 is 3.01. The van der Waals surface area contributed by atoms with Crippen molar-refractivity contribution in [2.24, 2.45) is 0 Å². The normalized spacial score (nSPS) is 12.9. The Morgan fingerprint density at radius 1 is 1.13 bits per heavy atom. The predicted molar refractivity (Wildman–Crippen MR) is 93.8 cm³/mol. The molecule has 1 aromatic carbocycles. The van der Waals surface area contributed by atoms with Crippen molar-refractivity contribution in [1.82, 2.24) is 0 Å². The lowest BCUT2D eigenvalue weighted by Crippen LogP contribution is -2.31. The second-order valence-corrected chi connectivity index (χ2v) is 6.65. The molecule has 0 aliphatic carbocycles. The topological polar surface area (TPSA) is 44.8 Å². The number of carbonyl (C=O) groups excluding carboxylic acids is 1. The summed E-state index contributed by atoms with van der Waals surface area (Å²) < 4.78 is 16.3. The smallest absolute Gasteiger partial charge is 0.323 e. The standard InChI is InChI=1S/C17H20O4S2/c1-19-16(18)15(22-4)12-7-9-13(10-8-12)17(20-2,21-3)14-6-5-11-23-14/h5-11,15H,1-4H3. The number of hydrogen-bond donors (Lipinski definition) is 0. The summed E-state index contributed by atoms with van der Waals surface area (Å²) in [7, 11) is 4.64. The second kappa shape index (κ2) is 7.97. The first-order valence-electron chi connectivity index (χ1n) is 6.98. The molecule has 0 fully saturated rings. The number of esters is 1. The fourth-order valence-electron chi connectivity index (χ4n) is 2.48. The highest BCUT2D eigenvalue weighted by Crippen LogP contribution is 2.38. The van der Waals surface area contributed by atoms with Crippen molar-refractivity contribution in [3.05, 3.63) is 57.8 Å². The lowest BCUT2D eigenvalue weighted by molar-refractivity contribution is -0.181. The van der Waals surface area contributed by atoms with Gasteiger partial charge in [-0.25, -0.2) is 0 Å². The number of carbonyl (C=O) groups is 1. The van der Waals surface area contributed by atoms with Gasteiger partial charge in [-0.05, 0) is 23.3 Å². The quantitative estimate of drug-likeness (QED) is 0.560. The summed E-state index contributed by atoms with van der Waals surface area (Å²) in [6.07, 6.45) is 1.88. The number of thiophene rings is 1. The average molecular weight is 352 g/mol. The van der Waals surface area contributed by atoms with Gasteiger partial charge in [-0.3, -0.25) is 4.79 Å². The van der Waals surface area contributed by atoms with Gasteiger partial charge in [0, 0.05) is 19.8 Å². The van der Waals surface area contributed by atoms with Crippen molar-refractivity contribution in [2.45, 2.75) is 11.0 Å². The van der Waals surface area contributed by atoms with E-state index in [2.05, 4.69) is 0 Å². The number of hydrogen-bond acceptors (Lipinski definition) is 6. The Labute approximate surface area is 144 Å². The Bertz CT molecular complexity index is 619. The predicted octanol–water partition coefficient (Wildman–Crippen LogP) is 3.82. The largest absolute Gasteiger partial charge is 0.468 e. The van der Waals surface area contributed by atoms with Gasteiger partial charge in [0.1, 0.15) is 5.25 Å². The zero-order valence-electron chi connectivity index (χ0n) is 13.6. The number of rotatable bonds is 7. The molecule has 1 heterocycles. The summed E-state index contributed by atoms with van der Waals surface area (Å²) in [6, 6.07) is 11.6. The molecule has 6 heteroatoms. The third-order valence-corrected chi connectivity index (χ3v) is 5.55. The van der Waals surface area contributed by atoms with Crippen LogP contribution < -0.4 is 0 Å². The molecular formula is C17H20O4S2. The first-order chi connectivity index (χ1) is 11.1. The van der Waals surface area contributed by atoms with Gasteiger partial charge in [0.2, 0.25) is 5.79 Å². The fourth-order valence-corrected chi connectivity index (χ4v) is 4.10. The maximum Gasteiger partial charge on any atom is 0.323 e. The number of benzene rings is 1. The molecule has 0 saturated carbocycles. The van der Waals surface area contributed by atoms with E-state index < -0.39 is 5.79 Å². The molecular weight excluding hydrogens is 332 g/mol. The van der Waals surface area contributed by atoms with Crippen LogP contribution in [0.3, 0.4) is 0 Å². The van der Waals surface area contributed by atoms with E-state index in [9.17, 15) is 4.79 Å². The minimum Gasteiger partial charge on any atom is -0.468 e. The molecule has 0 amide bonds. The molecule has 1 atom stereocenters. The first-order valence-corrected chi connectivity index (χ1v) is 9.15. The second-order valence-electron chi connectivity index (χ2n) is 4.76. The van der Waals surface area contributed by atoms with Crippen molar-refractivity contribution in [3.63, 3.8) is 0 Å². The molecule has 23 heavy (non-hydrogen) atoms. The van der Waals surface area contributed by atoms with Crippen LogP contribution in [0.15, 0.2) is 41.8 Å².